The molecule has 0 amide bonds. The van der Waals surface area contributed by atoms with Gasteiger partial charge in [0.25, 0.3) is 0 Å². The Balaban J connectivity index is 1.47. The average molecular weight is 263 g/mol. The molecule has 3 fully saturated rings. The van der Waals surface area contributed by atoms with Gasteiger partial charge in [0.15, 0.2) is 0 Å². The molecule has 0 aromatic carbocycles. The Morgan fingerprint density at radius 1 is 1.17 bits per heavy atom. The number of aryl methyl sites for hydroxylation is 1. The molecule has 5 atom stereocenters. The van der Waals surface area contributed by atoms with Crippen LogP contribution in [0.4, 0.5) is 5.13 Å². The van der Waals surface area contributed by atoms with Crippen LogP contribution >= 0.6 is 11.3 Å². The molecule has 4 rings (SSSR count). The van der Waals surface area contributed by atoms with Crippen LogP contribution in [0.5, 0.6) is 0 Å². The first-order valence-corrected chi connectivity index (χ1v) is 8.25. The minimum atomic E-state index is 0.687. The van der Waals surface area contributed by atoms with Gasteiger partial charge in [-0.2, -0.15) is 0 Å². The number of anilines is 1. The molecule has 0 aliphatic heterocycles. The molecule has 0 spiro atoms. The Kier molecular flexibility index (Phi) is 2.61. The molecule has 2 bridgehead atoms. The maximum absolute atomic E-state index is 4.28. The Labute approximate surface area is 112 Å². The second-order valence-electron chi connectivity index (χ2n) is 6.26. The number of nitrogens with one attached hydrogen (secondary N) is 1. The summed E-state index contributed by atoms with van der Waals surface area (Å²) < 4.78 is 0. The molecule has 4 heteroatoms. The minimum Gasteiger partial charge on any atom is -0.357 e. The van der Waals surface area contributed by atoms with E-state index < -0.39 is 0 Å². The van der Waals surface area contributed by atoms with Crippen molar-refractivity contribution < 1.29 is 0 Å². The summed E-state index contributed by atoms with van der Waals surface area (Å²) in [5.41, 5.74) is 0. The predicted octanol–water partition coefficient (Wildman–Crippen LogP) is 3.34. The zero-order chi connectivity index (χ0) is 12.1. The molecule has 1 heterocycles. The van der Waals surface area contributed by atoms with E-state index in [2.05, 4.69) is 22.4 Å². The van der Waals surface area contributed by atoms with E-state index in [4.69, 9.17) is 0 Å². The van der Waals surface area contributed by atoms with Gasteiger partial charge < -0.3 is 5.32 Å². The van der Waals surface area contributed by atoms with Gasteiger partial charge >= 0.3 is 0 Å². The fourth-order valence-electron chi connectivity index (χ4n) is 4.85. The second kappa shape index (κ2) is 4.19. The van der Waals surface area contributed by atoms with Crippen LogP contribution in [0, 0.1) is 23.7 Å². The first-order chi connectivity index (χ1) is 8.85. The molecule has 3 nitrogen and oxygen atoms in total. The van der Waals surface area contributed by atoms with E-state index in [1.54, 1.807) is 11.3 Å². The maximum Gasteiger partial charge on any atom is 0.205 e. The zero-order valence-electron chi connectivity index (χ0n) is 10.9. The Morgan fingerprint density at radius 3 is 2.89 bits per heavy atom. The minimum absolute atomic E-state index is 0.687. The van der Waals surface area contributed by atoms with E-state index in [0.717, 1.165) is 40.2 Å². The molecule has 3 aliphatic carbocycles. The third-order valence-corrected chi connectivity index (χ3v) is 6.51. The number of rotatable bonds is 3. The number of aromatic nitrogens is 2. The summed E-state index contributed by atoms with van der Waals surface area (Å²) in [5.74, 6) is 4.04. The highest BCUT2D eigenvalue weighted by Gasteiger charge is 2.53. The molecular weight excluding hydrogens is 242 g/mol. The summed E-state index contributed by atoms with van der Waals surface area (Å²) in [5, 5.41) is 14.4. The van der Waals surface area contributed by atoms with Gasteiger partial charge in [-0.3, -0.25) is 0 Å². The fourth-order valence-corrected chi connectivity index (χ4v) is 5.59. The standard InChI is InChI=1S/C14H21N3S/c1-2-13-16-17-14(18-13)15-12-7-8-6-11(12)10-5-3-4-9(8)10/h8-12H,2-7H2,1H3,(H,15,17). The first kappa shape index (κ1) is 11.2. The Hall–Kier alpha value is -0.640. The molecule has 1 N–H and O–H groups in total. The summed E-state index contributed by atoms with van der Waals surface area (Å²) in [6.07, 6.45) is 8.34. The van der Waals surface area contributed by atoms with Crippen molar-refractivity contribution in [1.82, 2.24) is 10.2 Å². The Morgan fingerprint density at radius 2 is 2.06 bits per heavy atom. The number of hydrogen-bond acceptors (Lipinski definition) is 4. The van der Waals surface area contributed by atoms with Crippen LogP contribution in [0.15, 0.2) is 0 Å². The van der Waals surface area contributed by atoms with Crippen molar-refractivity contribution in [2.24, 2.45) is 23.7 Å². The molecule has 0 saturated heterocycles. The number of hydrogen-bond donors (Lipinski definition) is 1. The van der Waals surface area contributed by atoms with Crippen molar-refractivity contribution in [1.29, 1.82) is 0 Å². The molecular formula is C14H21N3S. The maximum atomic E-state index is 4.28. The van der Waals surface area contributed by atoms with Crippen LogP contribution in [0.2, 0.25) is 0 Å². The molecule has 5 unspecified atom stereocenters. The Bertz CT molecular complexity index is 444. The second-order valence-corrected chi connectivity index (χ2v) is 7.32. The summed E-state index contributed by atoms with van der Waals surface area (Å²) in [4.78, 5) is 0. The SMILES string of the molecule is CCc1nnc(NC2CC3CC2C2CCCC32)s1. The van der Waals surface area contributed by atoms with Crippen LogP contribution in [0.1, 0.15) is 44.0 Å². The molecule has 18 heavy (non-hydrogen) atoms. The third-order valence-electron chi connectivity index (χ3n) is 5.51. The third kappa shape index (κ3) is 1.61. The quantitative estimate of drug-likeness (QED) is 0.909. The highest BCUT2D eigenvalue weighted by atomic mass is 32.1. The lowest BCUT2D eigenvalue weighted by atomic mass is 9.79. The van der Waals surface area contributed by atoms with Gasteiger partial charge in [-0.15, -0.1) is 10.2 Å². The summed E-state index contributed by atoms with van der Waals surface area (Å²) in [6, 6.07) is 0.687. The van der Waals surface area contributed by atoms with E-state index in [0.29, 0.717) is 6.04 Å². The normalized spacial score (nSPS) is 41.3. The van der Waals surface area contributed by atoms with Crippen molar-refractivity contribution in [3.63, 3.8) is 0 Å². The van der Waals surface area contributed by atoms with Crippen molar-refractivity contribution in [2.45, 2.75) is 51.5 Å². The van der Waals surface area contributed by atoms with Gasteiger partial charge in [-0.1, -0.05) is 24.7 Å². The smallest absolute Gasteiger partial charge is 0.205 e. The van der Waals surface area contributed by atoms with Crippen molar-refractivity contribution >= 4 is 16.5 Å². The molecule has 0 radical (unpaired) electrons. The van der Waals surface area contributed by atoms with Gasteiger partial charge in [0, 0.05) is 6.04 Å². The summed E-state index contributed by atoms with van der Waals surface area (Å²) in [6.45, 7) is 2.14. The lowest BCUT2D eigenvalue weighted by molar-refractivity contribution is 0.243. The number of fused-ring (bicyclic) bond motifs is 5. The molecule has 3 aliphatic rings. The lowest BCUT2D eigenvalue weighted by Gasteiger charge is -2.31. The molecule has 98 valence electrons. The van der Waals surface area contributed by atoms with Crippen LogP contribution in [0.3, 0.4) is 0 Å². The summed E-state index contributed by atoms with van der Waals surface area (Å²) in [7, 11) is 0. The monoisotopic (exact) mass is 263 g/mol. The highest BCUT2D eigenvalue weighted by Crippen LogP contribution is 2.59. The van der Waals surface area contributed by atoms with E-state index in [1.807, 2.05) is 0 Å². The molecule has 1 aromatic heterocycles. The summed E-state index contributed by atoms with van der Waals surface area (Å²) >= 11 is 1.74. The van der Waals surface area contributed by atoms with Gasteiger partial charge in [0.1, 0.15) is 5.01 Å². The van der Waals surface area contributed by atoms with Crippen molar-refractivity contribution in [3.8, 4) is 0 Å². The van der Waals surface area contributed by atoms with Crippen LogP contribution in [-0.4, -0.2) is 16.2 Å². The molecule has 3 saturated carbocycles. The van der Waals surface area contributed by atoms with E-state index in [1.165, 1.54) is 32.1 Å². The van der Waals surface area contributed by atoms with Crippen LogP contribution in [-0.2, 0) is 6.42 Å². The highest BCUT2D eigenvalue weighted by molar-refractivity contribution is 7.15. The number of nitrogens with zero attached hydrogens (tertiary/aromatic N) is 2. The van der Waals surface area contributed by atoms with Crippen molar-refractivity contribution in [2.75, 3.05) is 5.32 Å². The van der Waals surface area contributed by atoms with E-state index in [9.17, 15) is 0 Å². The van der Waals surface area contributed by atoms with E-state index >= 15 is 0 Å². The van der Waals surface area contributed by atoms with Gasteiger partial charge in [0.05, 0.1) is 0 Å². The van der Waals surface area contributed by atoms with Gasteiger partial charge in [-0.25, -0.2) is 0 Å². The molecule has 1 aromatic rings. The zero-order valence-corrected chi connectivity index (χ0v) is 11.7. The topological polar surface area (TPSA) is 37.8 Å². The average Bonchev–Trinajstić information content (AvgIpc) is 3.10. The van der Waals surface area contributed by atoms with Gasteiger partial charge in [-0.05, 0) is 55.8 Å². The van der Waals surface area contributed by atoms with Crippen molar-refractivity contribution in [3.05, 3.63) is 5.01 Å². The van der Waals surface area contributed by atoms with Gasteiger partial charge in [0.2, 0.25) is 5.13 Å². The lowest BCUT2D eigenvalue weighted by Crippen LogP contribution is -2.33. The van der Waals surface area contributed by atoms with Crippen LogP contribution < -0.4 is 5.32 Å². The van der Waals surface area contributed by atoms with Crippen LogP contribution in [0.25, 0.3) is 0 Å². The van der Waals surface area contributed by atoms with E-state index in [-0.39, 0.29) is 0 Å². The predicted molar refractivity (Wildman–Crippen MR) is 73.7 cm³/mol. The largest absolute Gasteiger partial charge is 0.357 e. The first-order valence-electron chi connectivity index (χ1n) is 7.44. The fraction of sp³-hybridized carbons (Fsp3) is 0.857.